The third-order valence-electron chi connectivity index (χ3n) is 5.97. The molecule has 202 valence electrons. The van der Waals surface area contributed by atoms with Crippen LogP contribution in [0.4, 0.5) is 30.8 Å². The number of fused-ring (bicyclic) bond motifs is 1. The number of anilines is 3. The number of nitrogens with two attached hydrogens (primary N) is 1. The van der Waals surface area contributed by atoms with Crippen molar-refractivity contribution in [3.05, 3.63) is 64.9 Å². The predicted molar refractivity (Wildman–Crippen MR) is 135 cm³/mol. The average Bonchev–Trinajstić information content (AvgIpc) is 3.21. The molecule has 0 unspecified atom stereocenters. The molecule has 3 N–H and O–H groups in total. The number of hydrogen-bond donors (Lipinski definition) is 2. The maximum atomic E-state index is 13.8. The minimum absolute atomic E-state index is 0.0215. The first kappa shape index (κ1) is 27.0. The predicted octanol–water partition coefficient (Wildman–Crippen LogP) is 2.81. The Labute approximate surface area is 217 Å². The highest BCUT2D eigenvalue weighted by Gasteiger charge is 2.35. The van der Waals surface area contributed by atoms with Crippen LogP contribution in [0.3, 0.4) is 0 Å². The van der Waals surface area contributed by atoms with Gasteiger partial charge in [0.1, 0.15) is 11.6 Å². The summed E-state index contributed by atoms with van der Waals surface area (Å²) in [6.45, 7) is 1.25. The van der Waals surface area contributed by atoms with E-state index in [0.717, 1.165) is 26.8 Å². The van der Waals surface area contributed by atoms with Crippen molar-refractivity contribution in [1.29, 1.82) is 0 Å². The molecule has 2 heterocycles. The van der Waals surface area contributed by atoms with Gasteiger partial charge in [-0.3, -0.25) is 4.79 Å². The topological polar surface area (TPSA) is 140 Å². The van der Waals surface area contributed by atoms with Crippen LogP contribution in [0.5, 0.6) is 0 Å². The highest BCUT2D eigenvalue weighted by molar-refractivity contribution is 7.89. The first-order valence-electron chi connectivity index (χ1n) is 11.5. The number of halogens is 2. The van der Waals surface area contributed by atoms with E-state index < -0.39 is 38.6 Å². The van der Waals surface area contributed by atoms with E-state index in [0.29, 0.717) is 11.8 Å². The van der Waals surface area contributed by atoms with Crippen LogP contribution in [0, 0.1) is 11.6 Å². The molecule has 2 aromatic carbocycles. The van der Waals surface area contributed by atoms with Crippen molar-refractivity contribution in [3.8, 4) is 0 Å². The Hall–Kier alpha value is -4.04. The summed E-state index contributed by atoms with van der Waals surface area (Å²) >= 11 is 0. The van der Waals surface area contributed by atoms with Crippen LogP contribution in [0.2, 0.25) is 0 Å². The maximum Gasteiger partial charge on any atom is 0.434 e. The first-order valence-corrected chi connectivity index (χ1v) is 13.0. The molecule has 0 radical (unpaired) electrons. The summed E-state index contributed by atoms with van der Waals surface area (Å²) in [4.78, 5) is 26.9. The number of carbonyl (C=O) groups excluding carboxylic acids is 2. The Morgan fingerprint density at radius 2 is 1.84 bits per heavy atom. The van der Waals surface area contributed by atoms with Crippen molar-refractivity contribution in [2.45, 2.75) is 24.8 Å². The summed E-state index contributed by atoms with van der Waals surface area (Å²) in [5, 5.41) is 6.80. The molecular weight excluding hydrogens is 522 g/mol. The van der Waals surface area contributed by atoms with Gasteiger partial charge >= 0.3 is 6.09 Å². The second kappa shape index (κ2) is 10.4. The number of hydrogen-bond acceptors (Lipinski definition) is 8. The number of amides is 1. The van der Waals surface area contributed by atoms with Gasteiger partial charge in [-0.2, -0.15) is 8.99 Å². The summed E-state index contributed by atoms with van der Waals surface area (Å²) < 4.78 is 60.9. The number of sulfonamides is 1. The second-order valence-electron chi connectivity index (χ2n) is 8.70. The van der Waals surface area contributed by atoms with Crippen LogP contribution >= 0.6 is 0 Å². The monoisotopic (exact) mass is 548 g/mol. The van der Waals surface area contributed by atoms with Crippen molar-refractivity contribution >= 4 is 39.2 Å². The molecule has 38 heavy (non-hydrogen) atoms. The van der Waals surface area contributed by atoms with E-state index in [2.05, 4.69) is 10.4 Å². The van der Waals surface area contributed by atoms with Gasteiger partial charge in [0.15, 0.2) is 5.82 Å². The van der Waals surface area contributed by atoms with Crippen LogP contribution in [0.1, 0.15) is 28.5 Å². The minimum Gasteiger partial charge on any atom is -0.448 e. The van der Waals surface area contributed by atoms with Crippen LogP contribution in [0.15, 0.2) is 41.3 Å². The van der Waals surface area contributed by atoms with E-state index in [1.165, 1.54) is 6.07 Å². The zero-order chi connectivity index (χ0) is 27.8. The number of nitrogens with one attached hydrogen (secondary N) is 1. The standard InChI is InChI=1S/C24H26F2N6O5S/c1-4-37-24(34)32-21-7-8-31(38(35,36)17-10-14(25)9-15(26)11-17)13-19(21)22(29-32)28-23(33)18-6-5-16(30(2)3)12-20(18)27/h5-6,9-12H,4,7-8,13,27H2,1-3H3,(H,28,29,33). The van der Waals surface area contributed by atoms with Crippen molar-refractivity contribution in [2.75, 3.05) is 43.2 Å². The Morgan fingerprint density at radius 3 is 2.45 bits per heavy atom. The SMILES string of the molecule is CCOC(=O)n1nc(NC(=O)c2ccc(N(C)C)cc2N)c2c1CCN(S(=O)(=O)c1cc(F)cc(F)c1)C2. The fourth-order valence-corrected chi connectivity index (χ4v) is 5.52. The van der Waals surface area contributed by atoms with Crippen molar-refractivity contribution in [2.24, 2.45) is 0 Å². The van der Waals surface area contributed by atoms with E-state index in [1.54, 1.807) is 19.1 Å². The number of carbonyl (C=O) groups is 2. The molecule has 0 atom stereocenters. The molecule has 0 spiro atoms. The number of nitrogens with zero attached hydrogens (tertiary/aromatic N) is 4. The summed E-state index contributed by atoms with van der Waals surface area (Å²) in [5.74, 6) is -2.78. The fraction of sp³-hybridized carbons (Fsp3) is 0.292. The number of benzene rings is 2. The summed E-state index contributed by atoms with van der Waals surface area (Å²) in [5.41, 5.74) is 7.77. The molecule has 0 fully saturated rings. The zero-order valence-electron chi connectivity index (χ0n) is 20.9. The van der Waals surface area contributed by atoms with Crippen molar-refractivity contribution in [1.82, 2.24) is 14.1 Å². The number of ether oxygens (including phenoxy) is 1. The van der Waals surface area contributed by atoms with Gasteiger partial charge in [0, 0.05) is 56.6 Å². The molecule has 14 heteroatoms. The molecule has 3 aromatic rings. The highest BCUT2D eigenvalue weighted by Crippen LogP contribution is 2.31. The van der Waals surface area contributed by atoms with Gasteiger partial charge in [-0.25, -0.2) is 22.0 Å². The Balaban J connectivity index is 1.70. The second-order valence-corrected chi connectivity index (χ2v) is 10.6. The van der Waals surface area contributed by atoms with Gasteiger partial charge in [0.25, 0.3) is 5.91 Å². The smallest absolute Gasteiger partial charge is 0.434 e. The van der Waals surface area contributed by atoms with Gasteiger partial charge in [-0.1, -0.05) is 0 Å². The Kier molecular flexibility index (Phi) is 7.37. The molecule has 1 amide bonds. The average molecular weight is 549 g/mol. The highest BCUT2D eigenvalue weighted by atomic mass is 32.2. The summed E-state index contributed by atoms with van der Waals surface area (Å²) in [6.07, 6.45) is -0.782. The van der Waals surface area contributed by atoms with E-state index in [1.807, 2.05) is 19.0 Å². The van der Waals surface area contributed by atoms with Gasteiger partial charge in [0.2, 0.25) is 10.0 Å². The van der Waals surface area contributed by atoms with E-state index >= 15 is 0 Å². The van der Waals surface area contributed by atoms with Crippen molar-refractivity contribution in [3.63, 3.8) is 0 Å². The summed E-state index contributed by atoms with van der Waals surface area (Å²) in [6, 6.07) is 6.86. The number of nitrogen functional groups attached to an aromatic ring is 1. The molecule has 0 saturated carbocycles. The lowest BCUT2D eigenvalue weighted by atomic mass is 10.1. The number of aromatic nitrogens is 2. The molecular formula is C24H26F2N6O5S. The lowest BCUT2D eigenvalue weighted by Gasteiger charge is -2.27. The molecule has 0 bridgehead atoms. The van der Waals surface area contributed by atoms with Crippen LogP contribution in [-0.2, 0) is 27.7 Å². The quantitative estimate of drug-likeness (QED) is 0.448. The molecule has 1 aliphatic rings. The minimum atomic E-state index is -4.33. The Bertz CT molecular complexity index is 1500. The van der Waals surface area contributed by atoms with Gasteiger partial charge in [0.05, 0.1) is 22.8 Å². The van der Waals surface area contributed by atoms with E-state index in [9.17, 15) is 26.8 Å². The van der Waals surface area contributed by atoms with Gasteiger partial charge < -0.3 is 20.7 Å². The molecule has 1 aromatic heterocycles. The number of rotatable bonds is 6. The third-order valence-corrected chi connectivity index (χ3v) is 7.79. The molecule has 1 aliphatic heterocycles. The van der Waals surface area contributed by atoms with E-state index in [4.69, 9.17) is 10.5 Å². The molecule has 0 saturated heterocycles. The first-order chi connectivity index (χ1) is 17.9. The van der Waals surface area contributed by atoms with E-state index in [-0.39, 0.29) is 48.7 Å². The van der Waals surface area contributed by atoms with Gasteiger partial charge in [-0.15, -0.1) is 5.10 Å². The summed E-state index contributed by atoms with van der Waals surface area (Å²) in [7, 11) is -0.685. The van der Waals surface area contributed by atoms with Crippen LogP contribution in [-0.4, -0.2) is 61.8 Å². The Morgan fingerprint density at radius 1 is 1.16 bits per heavy atom. The molecule has 0 aliphatic carbocycles. The molecule has 11 nitrogen and oxygen atoms in total. The fourth-order valence-electron chi connectivity index (χ4n) is 4.07. The third kappa shape index (κ3) is 5.17. The van der Waals surface area contributed by atoms with Crippen LogP contribution < -0.4 is 16.0 Å². The zero-order valence-corrected chi connectivity index (χ0v) is 21.7. The molecule has 4 rings (SSSR count). The van der Waals surface area contributed by atoms with Crippen LogP contribution in [0.25, 0.3) is 0 Å². The van der Waals surface area contributed by atoms with Gasteiger partial charge in [-0.05, 0) is 37.3 Å². The largest absolute Gasteiger partial charge is 0.448 e. The maximum absolute atomic E-state index is 13.8. The lowest BCUT2D eigenvalue weighted by Crippen LogP contribution is -2.37. The van der Waals surface area contributed by atoms with Crippen molar-refractivity contribution < 1.29 is 31.5 Å². The lowest BCUT2D eigenvalue weighted by molar-refractivity contribution is 0.102. The normalized spacial score (nSPS) is 13.6.